The number of hydrogen-bond acceptors (Lipinski definition) is 4. The van der Waals surface area contributed by atoms with Gasteiger partial charge in [-0.05, 0) is 6.07 Å². The molecular weight excluding hydrogens is 218 g/mol. The minimum Gasteiger partial charge on any atom is -0.396 e. The van der Waals surface area contributed by atoms with Crippen LogP contribution in [0.4, 0.5) is 5.69 Å². The molecule has 3 nitrogen and oxygen atoms in total. The summed E-state index contributed by atoms with van der Waals surface area (Å²) in [6, 6.07) is 8.24. The number of thiophene rings is 1. The number of rotatable bonds is 1. The number of anilines is 1. The molecule has 2 heterocycles. The average molecular weight is 227 g/mol. The number of nitrogens with two attached hydrogens (primary N) is 1. The van der Waals surface area contributed by atoms with Crippen molar-refractivity contribution in [3.8, 4) is 11.4 Å². The van der Waals surface area contributed by atoms with Crippen LogP contribution in [0.15, 0.2) is 42.0 Å². The predicted molar refractivity (Wildman–Crippen MR) is 67.3 cm³/mol. The molecule has 0 atom stereocenters. The van der Waals surface area contributed by atoms with Crippen LogP contribution in [0.2, 0.25) is 0 Å². The van der Waals surface area contributed by atoms with Gasteiger partial charge in [-0.2, -0.15) is 0 Å². The van der Waals surface area contributed by atoms with E-state index < -0.39 is 0 Å². The SMILES string of the molecule is Nc1cnc(-c2csc3ccccc23)nc1. The van der Waals surface area contributed by atoms with Crippen molar-refractivity contribution in [2.24, 2.45) is 0 Å². The third-order valence-corrected chi connectivity index (χ3v) is 3.36. The maximum atomic E-state index is 5.57. The summed E-state index contributed by atoms with van der Waals surface area (Å²) >= 11 is 1.70. The van der Waals surface area contributed by atoms with Crippen LogP contribution in [0.3, 0.4) is 0 Å². The van der Waals surface area contributed by atoms with Crippen LogP contribution in [-0.4, -0.2) is 9.97 Å². The highest BCUT2D eigenvalue weighted by atomic mass is 32.1. The van der Waals surface area contributed by atoms with Gasteiger partial charge in [0.05, 0.1) is 18.1 Å². The molecule has 0 saturated heterocycles. The van der Waals surface area contributed by atoms with E-state index >= 15 is 0 Å². The van der Waals surface area contributed by atoms with Gasteiger partial charge in [0.2, 0.25) is 0 Å². The van der Waals surface area contributed by atoms with Crippen LogP contribution < -0.4 is 5.73 Å². The molecule has 2 N–H and O–H groups in total. The van der Waals surface area contributed by atoms with Crippen molar-refractivity contribution in [2.75, 3.05) is 5.73 Å². The number of nitrogen functional groups attached to an aromatic ring is 1. The Kier molecular flexibility index (Phi) is 2.08. The number of nitrogens with zero attached hydrogens (tertiary/aromatic N) is 2. The number of hydrogen-bond donors (Lipinski definition) is 1. The molecule has 0 spiro atoms. The molecule has 0 aliphatic carbocycles. The second kappa shape index (κ2) is 3.57. The topological polar surface area (TPSA) is 51.8 Å². The van der Waals surface area contributed by atoms with Gasteiger partial charge in [0.15, 0.2) is 5.82 Å². The van der Waals surface area contributed by atoms with Gasteiger partial charge in [-0.3, -0.25) is 0 Å². The molecule has 0 saturated carbocycles. The van der Waals surface area contributed by atoms with E-state index in [0.717, 1.165) is 11.4 Å². The van der Waals surface area contributed by atoms with Crippen molar-refractivity contribution < 1.29 is 0 Å². The molecule has 0 fully saturated rings. The third-order valence-electron chi connectivity index (χ3n) is 2.39. The normalized spacial score (nSPS) is 10.8. The van der Waals surface area contributed by atoms with E-state index in [1.165, 1.54) is 10.1 Å². The van der Waals surface area contributed by atoms with Gasteiger partial charge in [-0.25, -0.2) is 9.97 Å². The summed E-state index contributed by atoms with van der Waals surface area (Å²) in [6.07, 6.45) is 3.27. The molecule has 3 rings (SSSR count). The summed E-state index contributed by atoms with van der Waals surface area (Å²) in [7, 11) is 0. The Balaban J connectivity index is 2.22. The standard InChI is InChI=1S/C12H9N3S/c13-8-5-14-12(15-6-8)10-7-16-11-4-2-1-3-9(10)11/h1-7H,13H2. The van der Waals surface area contributed by atoms with Crippen LogP contribution in [-0.2, 0) is 0 Å². The van der Waals surface area contributed by atoms with E-state index in [9.17, 15) is 0 Å². The summed E-state index contributed by atoms with van der Waals surface area (Å²) in [4.78, 5) is 8.48. The van der Waals surface area contributed by atoms with Gasteiger partial charge in [0.25, 0.3) is 0 Å². The number of benzene rings is 1. The Hall–Kier alpha value is -1.94. The van der Waals surface area contributed by atoms with Crippen molar-refractivity contribution in [3.05, 3.63) is 42.0 Å². The Labute approximate surface area is 96.6 Å². The summed E-state index contributed by atoms with van der Waals surface area (Å²) in [6.45, 7) is 0. The minimum absolute atomic E-state index is 0.586. The van der Waals surface area contributed by atoms with Gasteiger partial charge < -0.3 is 5.73 Å². The second-order valence-corrected chi connectivity index (χ2v) is 4.40. The number of aromatic nitrogens is 2. The molecule has 3 aromatic rings. The Morgan fingerprint density at radius 1 is 1.06 bits per heavy atom. The van der Waals surface area contributed by atoms with Gasteiger partial charge in [-0.15, -0.1) is 11.3 Å². The fraction of sp³-hybridized carbons (Fsp3) is 0. The zero-order valence-corrected chi connectivity index (χ0v) is 9.24. The highest BCUT2D eigenvalue weighted by molar-refractivity contribution is 7.17. The lowest BCUT2D eigenvalue weighted by Crippen LogP contribution is -1.91. The van der Waals surface area contributed by atoms with Gasteiger partial charge >= 0.3 is 0 Å². The van der Waals surface area contributed by atoms with E-state index in [0.29, 0.717) is 5.69 Å². The molecule has 78 valence electrons. The zero-order chi connectivity index (χ0) is 11.0. The molecule has 0 aliphatic heterocycles. The first-order valence-corrected chi connectivity index (χ1v) is 5.77. The molecule has 0 bridgehead atoms. The van der Waals surface area contributed by atoms with Crippen molar-refractivity contribution in [3.63, 3.8) is 0 Å². The summed E-state index contributed by atoms with van der Waals surface area (Å²) < 4.78 is 1.25. The minimum atomic E-state index is 0.586. The summed E-state index contributed by atoms with van der Waals surface area (Å²) in [5.74, 6) is 0.728. The lowest BCUT2D eigenvalue weighted by atomic mass is 10.2. The zero-order valence-electron chi connectivity index (χ0n) is 8.42. The second-order valence-electron chi connectivity index (χ2n) is 3.49. The fourth-order valence-electron chi connectivity index (χ4n) is 1.63. The van der Waals surface area contributed by atoms with Crippen molar-refractivity contribution in [1.82, 2.24) is 9.97 Å². The van der Waals surface area contributed by atoms with E-state index in [1.807, 2.05) is 12.1 Å². The lowest BCUT2D eigenvalue weighted by Gasteiger charge is -1.98. The van der Waals surface area contributed by atoms with Crippen LogP contribution in [0, 0.1) is 0 Å². The molecule has 0 aliphatic rings. The smallest absolute Gasteiger partial charge is 0.160 e. The van der Waals surface area contributed by atoms with Crippen molar-refractivity contribution in [2.45, 2.75) is 0 Å². The Bertz CT molecular complexity index is 628. The van der Waals surface area contributed by atoms with Crippen LogP contribution in [0.25, 0.3) is 21.5 Å². The average Bonchev–Trinajstić information content (AvgIpc) is 2.74. The van der Waals surface area contributed by atoms with Crippen LogP contribution in [0.1, 0.15) is 0 Å². The van der Waals surface area contributed by atoms with Crippen molar-refractivity contribution >= 4 is 27.1 Å². The van der Waals surface area contributed by atoms with E-state index in [2.05, 4.69) is 27.5 Å². The molecule has 0 amide bonds. The first kappa shape index (κ1) is 9.30. The van der Waals surface area contributed by atoms with E-state index in [4.69, 9.17) is 5.73 Å². The predicted octanol–water partition coefficient (Wildman–Crippen LogP) is 2.94. The Morgan fingerprint density at radius 3 is 2.62 bits per heavy atom. The molecule has 0 radical (unpaired) electrons. The monoisotopic (exact) mass is 227 g/mol. The van der Waals surface area contributed by atoms with Gasteiger partial charge in [0, 0.05) is 21.0 Å². The van der Waals surface area contributed by atoms with E-state index in [-0.39, 0.29) is 0 Å². The lowest BCUT2D eigenvalue weighted by molar-refractivity contribution is 1.19. The quantitative estimate of drug-likeness (QED) is 0.695. The molecule has 1 aromatic carbocycles. The van der Waals surface area contributed by atoms with Crippen molar-refractivity contribution in [1.29, 1.82) is 0 Å². The molecule has 0 unspecified atom stereocenters. The van der Waals surface area contributed by atoms with Crippen LogP contribution >= 0.6 is 11.3 Å². The first-order valence-electron chi connectivity index (χ1n) is 4.89. The van der Waals surface area contributed by atoms with Gasteiger partial charge in [0.1, 0.15) is 0 Å². The maximum Gasteiger partial charge on any atom is 0.160 e. The molecule has 2 aromatic heterocycles. The molecular formula is C12H9N3S. The maximum absolute atomic E-state index is 5.57. The fourth-order valence-corrected chi connectivity index (χ4v) is 2.57. The largest absolute Gasteiger partial charge is 0.396 e. The molecule has 4 heteroatoms. The van der Waals surface area contributed by atoms with Crippen LogP contribution in [0.5, 0.6) is 0 Å². The van der Waals surface area contributed by atoms with E-state index in [1.54, 1.807) is 23.7 Å². The highest BCUT2D eigenvalue weighted by Crippen LogP contribution is 2.31. The highest BCUT2D eigenvalue weighted by Gasteiger charge is 2.07. The summed E-state index contributed by atoms with van der Waals surface area (Å²) in [5, 5.41) is 3.27. The third kappa shape index (κ3) is 1.44. The number of fused-ring (bicyclic) bond motifs is 1. The first-order chi connectivity index (χ1) is 7.84. The Morgan fingerprint density at radius 2 is 1.81 bits per heavy atom. The van der Waals surface area contributed by atoms with Gasteiger partial charge in [-0.1, -0.05) is 18.2 Å². The summed E-state index contributed by atoms with van der Waals surface area (Å²) in [5.41, 5.74) is 7.23. The molecule has 16 heavy (non-hydrogen) atoms.